The maximum atomic E-state index is 12.6. The topological polar surface area (TPSA) is 89.4 Å². The fraction of sp³-hybridized carbons (Fsp3) is 0.500. The summed E-state index contributed by atoms with van der Waals surface area (Å²) in [5, 5.41) is 22.2. The summed E-state index contributed by atoms with van der Waals surface area (Å²) in [6.07, 6.45) is 7.28. The Morgan fingerprint density at radius 3 is 2.76 bits per heavy atom. The van der Waals surface area contributed by atoms with Crippen LogP contribution in [-0.2, 0) is 24.8 Å². The minimum atomic E-state index is -0.923. The van der Waals surface area contributed by atoms with Gasteiger partial charge in [-0.2, -0.15) is 10.4 Å². The summed E-state index contributed by atoms with van der Waals surface area (Å²) in [4.78, 5) is 12.6. The number of ketones is 1. The predicted molar refractivity (Wildman–Crippen MR) is 92.7 cm³/mol. The molecule has 1 aliphatic heterocycles. The van der Waals surface area contributed by atoms with Gasteiger partial charge in [-0.1, -0.05) is 6.42 Å². The molecular formula is C18H22N6O. The van der Waals surface area contributed by atoms with Gasteiger partial charge in [-0.3, -0.25) is 9.48 Å². The molecule has 3 rings (SSSR count). The number of carbonyl (C=O) groups excluding carboxylic acids is 1. The van der Waals surface area contributed by atoms with Crippen molar-refractivity contribution in [1.29, 1.82) is 5.26 Å². The molecule has 7 heteroatoms. The number of aromatic nitrogens is 5. The molecule has 2 aromatic rings. The van der Waals surface area contributed by atoms with Crippen molar-refractivity contribution in [2.45, 2.75) is 52.0 Å². The van der Waals surface area contributed by atoms with E-state index < -0.39 is 5.92 Å². The SMILES string of the molecule is Cc1nn(C)c(C)c1/C=C\C(=O)[C@@H](C#N)c1nnc2n1CCCCC2. The number of hydrogen-bond acceptors (Lipinski definition) is 5. The Balaban J connectivity index is 1.87. The lowest BCUT2D eigenvalue weighted by Crippen LogP contribution is -2.15. The van der Waals surface area contributed by atoms with E-state index in [1.165, 1.54) is 6.08 Å². The summed E-state index contributed by atoms with van der Waals surface area (Å²) in [7, 11) is 1.87. The molecule has 0 amide bonds. The summed E-state index contributed by atoms with van der Waals surface area (Å²) in [6.45, 7) is 4.62. The van der Waals surface area contributed by atoms with Crippen LogP contribution in [0.3, 0.4) is 0 Å². The van der Waals surface area contributed by atoms with Crippen LogP contribution < -0.4 is 0 Å². The van der Waals surface area contributed by atoms with Crippen molar-refractivity contribution in [3.05, 3.63) is 34.7 Å². The zero-order valence-corrected chi connectivity index (χ0v) is 14.9. The standard InChI is InChI=1S/C18H22N6O/c1-12-14(13(2)23(3)22-12)8-9-16(25)15(11-19)18-21-20-17-7-5-4-6-10-24(17)18/h8-9,15H,4-7,10H2,1-3H3/b9-8-/t15-/m1/s1. The molecule has 3 heterocycles. The monoisotopic (exact) mass is 338 g/mol. The Hall–Kier alpha value is -2.75. The van der Waals surface area contributed by atoms with Gasteiger partial charge in [0.1, 0.15) is 5.82 Å². The van der Waals surface area contributed by atoms with Gasteiger partial charge in [-0.15, -0.1) is 10.2 Å². The van der Waals surface area contributed by atoms with E-state index in [4.69, 9.17) is 0 Å². The molecule has 130 valence electrons. The predicted octanol–water partition coefficient (Wildman–Crippen LogP) is 2.24. The Morgan fingerprint density at radius 2 is 2.08 bits per heavy atom. The molecule has 2 aromatic heterocycles. The number of carbonyl (C=O) groups is 1. The molecule has 0 bridgehead atoms. The molecule has 0 fully saturated rings. The fourth-order valence-corrected chi connectivity index (χ4v) is 3.26. The number of fused-ring (bicyclic) bond motifs is 1. The van der Waals surface area contributed by atoms with E-state index in [2.05, 4.69) is 21.4 Å². The van der Waals surface area contributed by atoms with Gasteiger partial charge in [0.05, 0.1) is 11.8 Å². The Bertz CT molecular complexity index is 867. The van der Waals surface area contributed by atoms with Crippen LogP contribution in [0.1, 0.15) is 53.8 Å². The second kappa shape index (κ2) is 7.01. The first kappa shape index (κ1) is 17.1. The van der Waals surface area contributed by atoms with Crippen molar-refractivity contribution < 1.29 is 4.79 Å². The third-order valence-electron chi connectivity index (χ3n) is 4.79. The Labute approximate surface area is 147 Å². The van der Waals surface area contributed by atoms with E-state index in [9.17, 15) is 10.1 Å². The Morgan fingerprint density at radius 1 is 1.28 bits per heavy atom. The van der Waals surface area contributed by atoms with Gasteiger partial charge in [-0.05, 0) is 38.8 Å². The van der Waals surface area contributed by atoms with E-state index in [1.54, 1.807) is 10.8 Å². The number of aryl methyl sites for hydroxylation is 3. The number of hydrogen-bond donors (Lipinski definition) is 0. The molecule has 1 aliphatic rings. The lowest BCUT2D eigenvalue weighted by Gasteiger charge is -2.09. The summed E-state index contributed by atoms with van der Waals surface area (Å²) >= 11 is 0. The maximum Gasteiger partial charge on any atom is 0.180 e. The molecule has 0 N–H and O–H groups in total. The van der Waals surface area contributed by atoms with Crippen molar-refractivity contribution in [3.8, 4) is 6.07 Å². The first-order valence-electron chi connectivity index (χ1n) is 8.56. The molecule has 0 saturated carbocycles. The molecular weight excluding hydrogens is 316 g/mol. The van der Waals surface area contributed by atoms with Crippen LogP contribution in [0.5, 0.6) is 0 Å². The van der Waals surface area contributed by atoms with Crippen molar-refractivity contribution in [2.75, 3.05) is 0 Å². The fourth-order valence-electron chi connectivity index (χ4n) is 3.26. The molecule has 0 radical (unpaired) electrons. The zero-order valence-electron chi connectivity index (χ0n) is 14.9. The molecule has 7 nitrogen and oxygen atoms in total. The van der Waals surface area contributed by atoms with Crippen molar-refractivity contribution in [2.24, 2.45) is 7.05 Å². The second-order valence-corrected chi connectivity index (χ2v) is 6.44. The largest absolute Gasteiger partial charge is 0.313 e. The molecule has 25 heavy (non-hydrogen) atoms. The average Bonchev–Trinajstić information content (AvgIpc) is 2.97. The highest BCUT2D eigenvalue weighted by Gasteiger charge is 2.26. The highest BCUT2D eigenvalue weighted by Crippen LogP contribution is 2.22. The lowest BCUT2D eigenvalue weighted by molar-refractivity contribution is -0.115. The van der Waals surface area contributed by atoms with Crippen LogP contribution in [0.2, 0.25) is 0 Å². The van der Waals surface area contributed by atoms with Crippen LogP contribution in [0, 0.1) is 25.2 Å². The van der Waals surface area contributed by atoms with E-state index in [0.717, 1.165) is 55.0 Å². The number of nitrogens with zero attached hydrogens (tertiary/aromatic N) is 6. The first-order chi connectivity index (χ1) is 12.0. The smallest absolute Gasteiger partial charge is 0.180 e. The van der Waals surface area contributed by atoms with Gasteiger partial charge in [0.15, 0.2) is 17.5 Å². The number of nitriles is 1. The minimum Gasteiger partial charge on any atom is -0.313 e. The van der Waals surface area contributed by atoms with Crippen LogP contribution in [0.15, 0.2) is 6.08 Å². The molecule has 0 aromatic carbocycles. The number of allylic oxidation sites excluding steroid dienone is 1. The van der Waals surface area contributed by atoms with Gasteiger partial charge < -0.3 is 4.57 Å². The number of rotatable bonds is 4. The van der Waals surface area contributed by atoms with Crippen LogP contribution >= 0.6 is 0 Å². The quantitative estimate of drug-likeness (QED) is 0.798. The van der Waals surface area contributed by atoms with E-state index in [-0.39, 0.29) is 5.78 Å². The van der Waals surface area contributed by atoms with Crippen molar-refractivity contribution >= 4 is 11.9 Å². The molecule has 0 unspecified atom stereocenters. The summed E-state index contributed by atoms with van der Waals surface area (Å²) in [5.41, 5.74) is 2.74. The molecule has 0 saturated heterocycles. The lowest BCUT2D eigenvalue weighted by atomic mass is 10.0. The summed E-state index contributed by atoms with van der Waals surface area (Å²) < 4.78 is 3.73. The highest BCUT2D eigenvalue weighted by atomic mass is 16.1. The third-order valence-corrected chi connectivity index (χ3v) is 4.79. The van der Waals surface area contributed by atoms with Crippen LogP contribution in [0.4, 0.5) is 0 Å². The van der Waals surface area contributed by atoms with Crippen LogP contribution in [0.25, 0.3) is 6.08 Å². The van der Waals surface area contributed by atoms with Crippen LogP contribution in [-0.4, -0.2) is 30.3 Å². The highest BCUT2D eigenvalue weighted by molar-refractivity contribution is 6.00. The zero-order chi connectivity index (χ0) is 18.0. The summed E-state index contributed by atoms with van der Waals surface area (Å²) in [6, 6.07) is 2.10. The van der Waals surface area contributed by atoms with Crippen molar-refractivity contribution in [3.63, 3.8) is 0 Å². The van der Waals surface area contributed by atoms with E-state index in [1.807, 2.05) is 25.5 Å². The summed E-state index contributed by atoms with van der Waals surface area (Å²) in [5.74, 6) is 0.148. The normalized spacial score (nSPS) is 15.6. The maximum absolute atomic E-state index is 12.6. The minimum absolute atomic E-state index is 0.274. The third kappa shape index (κ3) is 3.25. The van der Waals surface area contributed by atoms with E-state index >= 15 is 0 Å². The molecule has 1 atom stereocenters. The average molecular weight is 338 g/mol. The van der Waals surface area contributed by atoms with Gasteiger partial charge in [0.25, 0.3) is 0 Å². The van der Waals surface area contributed by atoms with Gasteiger partial charge in [-0.25, -0.2) is 0 Å². The van der Waals surface area contributed by atoms with Crippen molar-refractivity contribution in [1.82, 2.24) is 24.5 Å². The second-order valence-electron chi connectivity index (χ2n) is 6.44. The van der Waals surface area contributed by atoms with Gasteiger partial charge in [0, 0.05) is 31.3 Å². The molecule has 0 spiro atoms. The Kier molecular flexibility index (Phi) is 4.79. The van der Waals surface area contributed by atoms with E-state index in [0.29, 0.717) is 5.82 Å². The van der Waals surface area contributed by atoms with Gasteiger partial charge >= 0.3 is 0 Å². The molecule has 0 aliphatic carbocycles. The first-order valence-corrected chi connectivity index (χ1v) is 8.56. The van der Waals surface area contributed by atoms with Gasteiger partial charge in [0.2, 0.25) is 0 Å².